The Kier molecular flexibility index (Phi) is 7.00. The molecule has 1 fully saturated rings. The van der Waals surface area contributed by atoms with Gasteiger partial charge in [-0.2, -0.15) is 0 Å². The molecule has 1 amide bonds. The van der Waals surface area contributed by atoms with Gasteiger partial charge in [-0.3, -0.25) is 4.79 Å². The number of rotatable bonds is 3. The van der Waals surface area contributed by atoms with E-state index in [1.54, 1.807) is 0 Å². The van der Waals surface area contributed by atoms with E-state index in [1.165, 1.54) is 0 Å². The van der Waals surface area contributed by atoms with Crippen LogP contribution in [0.3, 0.4) is 0 Å². The van der Waals surface area contributed by atoms with Crippen LogP contribution in [0.5, 0.6) is 0 Å². The molecule has 1 aliphatic rings. The van der Waals surface area contributed by atoms with E-state index in [0.29, 0.717) is 11.8 Å². The highest BCUT2D eigenvalue weighted by Gasteiger charge is 2.26. The van der Waals surface area contributed by atoms with Gasteiger partial charge in [-0.25, -0.2) is 0 Å². The predicted octanol–water partition coefficient (Wildman–Crippen LogP) is 2.04. The summed E-state index contributed by atoms with van der Waals surface area (Å²) in [4.78, 5) is 13.9. The van der Waals surface area contributed by atoms with Gasteiger partial charge in [0.2, 0.25) is 5.91 Å². The average molecular weight is 249 g/mol. The fraction of sp³-hybridized carbons (Fsp3) is 0.917. The van der Waals surface area contributed by atoms with Crippen molar-refractivity contribution in [1.29, 1.82) is 0 Å². The highest BCUT2D eigenvalue weighted by atomic mass is 35.5. The van der Waals surface area contributed by atoms with E-state index in [1.807, 2.05) is 11.8 Å². The van der Waals surface area contributed by atoms with Crippen LogP contribution in [-0.2, 0) is 4.79 Å². The minimum Gasteiger partial charge on any atom is -0.342 e. The number of likely N-dealkylation sites (tertiary alicyclic amines) is 1. The summed E-state index contributed by atoms with van der Waals surface area (Å²) in [6.45, 7) is 7.94. The molecule has 96 valence electrons. The zero-order chi connectivity index (χ0) is 11.4. The fourth-order valence-electron chi connectivity index (χ4n) is 2.13. The van der Waals surface area contributed by atoms with Crippen LogP contribution in [0.4, 0.5) is 0 Å². The minimum absolute atomic E-state index is 0. The molecule has 2 unspecified atom stereocenters. The number of piperidine rings is 1. The first kappa shape index (κ1) is 15.7. The number of carbonyl (C=O) groups excluding carboxylic acids is 1. The molecule has 0 spiro atoms. The Bertz CT molecular complexity index is 213. The molecular formula is C12H25ClN2O. The second-order valence-corrected chi connectivity index (χ2v) is 4.83. The lowest BCUT2D eigenvalue weighted by Crippen LogP contribution is -2.44. The molecule has 1 heterocycles. The molecule has 0 aromatic carbocycles. The van der Waals surface area contributed by atoms with Crippen molar-refractivity contribution in [2.45, 2.75) is 46.1 Å². The van der Waals surface area contributed by atoms with Crippen molar-refractivity contribution >= 4 is 18.3 Å². The molecule has 0 aromatic rings. The number of hydrogen-bond acceptors (Lipinski definition) is 2. The number of hydrogen-bond donors (Lipinski definition) is 1. The van der Waals surface area contributed by atoms with Crippen LogP contribution < -0.4 is 5.73 Å². The SMILES string of the molecule is CCC(C)C(=O)N1CCC(C(C)N)CC1.Cl. The van der Waals surface area contributed by atoms with Gasteiger partial charge in [0.1, 0.15) is 0 Å². The average Bonchev–Trinajstić information content (AvgIpc) is 2.27. The molecule has 0 aromatic heterocycles. The predicted molar refractivity (Wildman–Crippen MR) is 69.7 cm³/mol. The van der Waals surface area contributed by atoms with Gasteiger partial charge in [-0.05, 0) is 32.1 Å². The van der Waals surface area contributed by atoms with E-state index in [4.69, 9.17) is 5.73 Å². The van der Waals surface area contributed by atoms with Crippen molar-refractivity contribution in [2.75, 3.05) is 13.1 Å². The summed E-state index contributed by atoms with van der Waals surface area (Å²) in [5.74, 6) is 1.10. The summed E-state index contributed by atoms with van der Waals surface area (Å²) >= 11 is 0. The normalized spacial score (nSPS) is 21.1. The maximum Gasteiger partial charge on any atom is 0.225 e. The van der Waals surface area contributed by atoms with Crippen LogP contribution in [0.1, 0.15) is 40.0 Å². The smallest absolute Gasteiger partial charge is 0.225 e. The van der Waals surface area contributed by atoms with Gasteiger partial charge in [-0.1, -0.05) is 13.8 Å². The van der Waals surface area contributed by atoms with Crippen LogP contribution in [0.2, 0.25) is 0 Å². The van der Waals surface area contributed by atoms with Crippen LogP contribution in [0, 0.1) is 11.8 Å². The number of carbonyl (C=O) groups is 1. The summed E-state index contributed by atoms with van der Waals surface area (Å²) in [5.41, 5.74) is 5.87. The van der Waals surface area contributed by atoms with Gasteiger partial charge in [-0.15, -0.1) is 12.4 Å². The molecule has 4 heteroatoms. The van der Waals surface area contributed by atoms with E-state index in [-0.39, 0.29) is 24.4 Å². The molecule has 1 aliphatic heterocycles. The third-order valence-corrected chi connectivity index (χ3v) is 3.63. The van der Waals surface area contributed by atoms with Crippen molar-refractivity contribution < 1.29 is 4.79 Å². The second kappa shape index (κ2) is 7.13. The molecule has 2 N–H and O–H groups in total. The van der Waals surface area contributed by atoms with Gasteiger partial charge in [0, 0.05) is 25.0 Å². The molecule has 0 radical (unpaired) electrons. The molecule has 1 saturated heterocycles. The lowest BCUT2D eigenvalue weighted by atomic mass is 9.90. The van der Waals surface area contributed by atoms with E-state index in [9.17, 15) is 4.79 Å². The molecule has 0 saturated carbocycles. The van der Waals surface area contributed by atoms with Crippen molar-refractivity contribution in [3.05, 3.63) is 0 Å². The summed E-state index contributed by atoms with van der Waals surface area (Å²) in [5, 5.41) is 0. The Labute approximate surface area is 105 Å². The summed E-state index contributed by atoms with van der Waals surface area (Å²) < 4.78 is 0. The quantitative estimate of drug-likeness (QED) is 0.831. The van der Waals surface area contributed by atoms with Gasteiger partial charge in [0.05, 0.1) is 0 Å². The highest BCUT2D eigenvalue weighted by molar-refractivity contribution is 5.85. The van der Waals surface area contributed by atoms with E-state index in [2.05, 4.69) is 13.8 Å². The summed E-state index contributed by atoms with van der Waals surface area (Å²) in [6, 6.07) is 0.269. The molecule has 1 rings (SSSR count). The first-order valence-corrected chi connectivity index (χ1v) is 6.10. The topological polar surface area (TPSA) is 46.3 Å². The number of nitrogens with two attached hydrogens (primary N) is 1. The van der Waals surface area contributed by atoms with Crippen LogP contribution in [0.15, 0.2) is 0 Å². The van der Waals surface area contributed by atoms with Crippen LogP contribution in [0.25, 0.3) is 0 Å². The summed E-state index contributed by atoms with van der Waals surface area (Å²) in [6.07, 6.45) is 3.08. The second-order valence-electron chi connectivity index (χ2n) is 4.83. The van der Waals surface area contributed by atoms with E-state index in [0.717, 1.165) is 32.4 Å². The molecule has 0 bridgehead atoms. The Balaban J connectivity index is 0.00000225. The maximum absolute atomic E-state index is 11.9. The lowest BCUT2D eigenvalue weighted by molar-refractivity contribution is -0.136. The Hall–Kier alpha value is -0.280. The van der Waals surface area contributed by atoms with Gasteiger partial charge in [0.25, 0.3) is 0 Å². The third kappa shape index (κ3) is 3.95. The Morgan fingerprint density at radius 2 is 1.88 bits per heavy atom. The van der Waals surface area contributed by atoms with Crippen molar-refractivity contribution in [2.24, 2.45) is 17.6 Å². The molecule has 16 heavy (non-hydrogen) atoms. The van der Waals surface area contributed by atoms with Crippen LogP contribution >= 0.6 is 12.4 Å². The van der Waals surface area contributed by atoms with E-state index < -0.39 is 0 Å². The lowest BCUT2D eigenvalue weighted by Gasteiger charge is -2.35. The number of halogens is 1. The number of nitrogens with zero attached hydrogens (tertiary/aromatic N) is 1. The Morgan fingerprint density at radius 1 is 1.38 bits per heavy atom. The zero-order valence-electron chi connectivity index (χ0n) is 10.6. The molecule has 2 atom stereocenters. The van der Waals surface area contributed by atoms with Crippen molar-refractivity contribution in [1.82, 2.24) is 4.90 Å². The summed E-state index contributed by atoms with van der Waals surface area (Å²) in [7, 11) is 0. The van der Waals surface area contributed by atoms with Crippen molar-refractivity contribution in [3.8, 4) is 0 Å². The monoisotopic (exact) mass is 248 g/mol. The molecule has 0 aliphatic carbocycles. The van der Waals surface area contributed by atoms with Crippen LogP contribution in [-0.4, -0.2) is 29.9 Å². The third-order valence-electron chi connectivity index (χ3n) is 3.63. The minimum atomic E-state index is 0. The highest BCUT2D eigenvalue weighted by Crippen LogP contribution is 2.21. The van der Waals surface area contributed by atoms with Gasteiger partial charge in [0.15, 0.2) is 0 Å². The Morgan fingerprint density at radius 3 is 2.25 bits per heavy atom. The maximum atomic E-state index is 11.9. The first-order valence-electron chi connectivity index (χ1n) is 6.10. The van der Waals surface area contributed by atoms with Gasteiger partial charge < -0.3 is 10.6 Å². The van der Waals surface area contributed by atoms with Gasteiger partial charge >= 0.3 is 0 Å². The molecular weight excluding hydrogens is 224 g/mol. The standard InChI is InChI=1S/C12H24N2O.ClH/c1-4-9(2)12(15)14-7-5-11(6-8-14)10(3)13;/h9-11H,4-8,13H2,1-3H3;1H. The largest absolute Gasteiger partial charge is 0.342 e. The first-order chi connectivity index (χ1) is 7.06. The number of amides is 1. The zero-order valence-corrected chi connectivity index (χ0v) is 11.4. The van der Waals surface area contributed by atoms with Crippen molar-refractivity contribution in [3.63, 3.8) is 0 Å². The fourth-order valence-corrected chi connectivity index (χ4v) is 2.13. The van der Waals surface area contributed by atoms with E-state index >= 15 is 0 Å². The molecule has 3 nitrogen and oxygen atoms in total.